The van der Waals surface area contributed by atoms with Crippen LogP contribution in [0, 0.1) is 0 Å². The van der Waals surface area contributed by atoms with Gasteiger partial charge < -0.3 is 23.8 Å². The molecule has 0 fully saturated rings. The second-order valence-electron chi connectivity index (χ2n) is 7.42. The van der Waals surface area contributed by atoms with Crippen LogP contribution in [0.4, 0.5) is 5.69 Å². The molecule has 0 saturated heterocycles. The van der Waals surface area contributed by atoms with Gasteiger partial charge in [0.25, 0.3) is 0 Å². The summed E-state index contributed by atoms with van der Waals surface area (Å²) >= 11 is 0. The van der Waals surface area contributed by atoms with Crippen LogP contribution < -0.4 is 19.1 Å². The molecule has 3 aromatic rings. The highest BCUT2D eigenvalue weighted by Crippen LogP contribution is 2.39. The number of hydrogen-bond acceptors (Lipinski definition) is 7. The van der Waals surface area contributed by atoms with Gasteiger partial charge in [-0.1, -0.05) is 30.3 Å². The van der Waals surface area contributed by atoms with Crippen molar-refractivity contribution in [2.75, 3.05) is 39.8 Å². The Morgan fingerprint density at radius 1 is 0.818 bits per heavy atom. The number of anilines is 1. The molecule has 3 rings (SSSR count). The summed E-state index contributed by atoms with van der Waals surface area (Å²) in [4.78, 5) is 27.0. The zero-order valence-corrected chi connectivity index (χ0v) is 19.2. The van der Waals surface area contributed by atoms with Gasteiger partial charge in [-0.05, 0) is 42.0 Å². The van der Waals surface area contributed by atoms with Gasteiger partial charge in [0, 0.05) is 25.3 Å². The minimum absolute atomic E-state index is 0.284. The molecule has 33 heavy (non-hydrogen) atoms. The summed E-state index contributed by atoms with van der Waals surface area (Å²) in [6.07, 6.45) is 0. The van der Waals surface area contributed by atoms with Crippen molar-refractivity contribution in [3.05, 3.63) is 83.4 Å². The molecule has 0 atom stereocenters. The highest BCUT2D eigenvalue weighted by Gasteiger charge is 2.19. The summed E-state index contributed by atoms with van der Waals surface area (Å²) in [7, 11) is 6.78. The van der Waals surface area contributed by atoms with Crippen molar-refractivity contribution in [3.8, 4) is 17.2 Å². The number of carbonyl (C=O) groups is 2. The van der Waals surface area contributed by atoms with E-state index >= 15 is 0 Å². The third-order valence-corrected chi connectivity index (χ3v) is 4.96. The first kappa shape index (κ1) is 23.7. The Balaban J connectivity index is 1.70. The molecule has 0 aliphatic rings. The van der Waals surface area contributed by atoms with E-state index in [0.717, 1.165) is 11.3 Å². The Morgan fingerprint density at radius 3 is 1.97 bits per heavy atom. The molecule has 0 bridgehead atoms. The summed E-state index contributed by atoms with van der Waals surface area (Å²) in [5.74, 6) is 0.117. The Bertz CT molecular complexity index is 1070. The molecule has 0 heterocycles. The minimum atomic E-state index is -0.574. The van der Waals surface area contributed by atoms with Gasteiger partial charge >= 0.3 is 5.97 Å². The van der Waals surface area contributed by atoms with Gasteiger partial charge in [0.1, 0.15) is 6.61 Å². The monoisotopic (exact) mass is 449 g/mol. The maximum absolute atomic E-state index is 12.7. The van der Waals surface area contributed by atoms with Crippen molar-refractivity contribution >= 4 is 17.4 Å². The topological polar surface area (TPSA) is 74.3 Å². The lowest BCUT2D eigenvalue weighted by Gasteiger charge is -2.16. The quantitative estimate of drug-likeness (QED) is 0.336. The molecule has 0 unspecified atom stereocenters. The second-order valence-corrected chi connectivity index (χ2v) is 7.42. The number of nitrogens with zero attached hydrogens (tertiary/aromatic N) is 1. The predicted octanol–water partition coefficient (Wildman–Crippen LogP) is 4.39. The van der Waals surface area contributed by atoms with Gasteiger partial charge in [-0.15, -0.1) is 0 Å². The average Bonchev–Trinajstić information content (AvgIpc) is 2.85. The first-order valence-electron chi connectivity index (χ1n) is 10.3. The fourth-order valence-electron chi connectivity index (χ4n) is 3.11. The van der Waals surface area contributed by atoms with Crippen LogP contribution in [0.3, 0.4) is 0 Å². The molecule has 3 aromatic carbocycles. The van der Waals surface area contributed by atoms with Crippen molar-refractivity contribution < 1.29 is 28.5 Å². The molecule has 0 aromatic heterocycles. The Labute approximate surface area is 193 Å². The third-order valence-electron chi connectivity index (χ3n) is 4.96. The summed E-state index contributed by atoms with van der Waals surface area (Å²) < 4.78 is 22.0. The molecular weight excluding hydrogens is 422 g/mol. The number of hydrogen-bond donors (Lipinski definition) is 0. The summed E-state index contributed by atoms with van der Waals surface area (Å²) in [5, 5.41) is 0. The molecule has 7 heteroatoms. The number of Topliss-reactive ketones (excluding diaryl/α,β-unsaturated/α-hetero) is 1. The largest absolute Gasteiger partial charge is 0.493 e. The Morgan fingerprint density at radius 2 is 1.42 bits per heavy atom. The van der Waals surface area contributed by atoms with Crippen molar-refractivity contribution in [2.24, 2.45) is 0 Å². The van der Waals surface area contributed by atoms with Crippen LogP contribution in [-0.2, 0) is 11.3 Å². The van der Waals surface area contributed by atoms with Gasteiger partial charge in [-0.2, -0.15) is 0 Å². The van der Waals surface area contributed by atoms with Crippen LogP contribution in [-0.4, -0.2) is 46.7 Å². The van der Waals surface area contributed by atoms with Crippen LogP contribution in [0.2, 0.25) is 0 Å². The van der Waals surface area contributed by atoms with E-state index in [2.05, 4.69) is 0 Å². The maximum Gasteiger partial charge on any atom is 0.338 e. The number of carbonyl (C=O) groups excluding carboxylic acids is 2. The van der Waals surface area contributed by atoms with Crippen molar-refractivity contribution in [3.63, 3.8) is 0 Å². The smallest absolute Gasteiger partial charge is 0.338 e. The number of esters is 1. The lowest BCUT2D eigenvalue weighted by Crippen LogP contribution is -2.15. The average molecular weight is 450 g/mol. The minimum Gasteiger partial charge on any atom is -0.493 e. The molecule has 0 spiro atoms. The fraction of sp³-hybridized carbons (Fsp3) is 0.231. The molecular formula is C26H27NO6. The zero-order chi connectivity index (χ0) is 23.8. The fourth-order valence-corrected chi connectivity index (χ4v) is 3.11. The predicted molar refractivity (Wildman–Crippen MR) is 126 cm³/mol. The Kier molecular flexibility index (Phi) is 7.91. The van der Waals surface area contributed by atoms with Crippen LogP contribution in [0.25, 0.3) is 0 Å². The van der Waals surface area contributed by atoms with Crippen molar-refractivity contribution in [1.82, 2.24) is 0 Å². The van der Waals surface area contributed by atoms with Crippen LogP contribution in [0.5, 0.6) is 17.2 Å². The molecule has 172 valence electrons. The van der Waals surface area contributed by atoms with Crippen LogP contribution in [0.1, 0.15) is 26.3 Å². The molecule has 0 N–H and O–H groups in total. The number of ketones is 1. The molecule has 0 aliphatic carbocycles. The Hall–Kier alpha value is -4.00. The van der Waals surface area contributed by atoms with E-state index in [1.807, 2.05) is 61.5 Å². The lowest BCUT2D eigenvalue weighted by atomic mass is 10.1. The number of rotatable bonds is 10. The lowest BCUT2D eigenvalue weighted by molar-refractivity contribution is 0.0474. The standard InChI is InChI=1S/C26H27NO6/c1-27(2)21-12-10-19(11-13-21)26(29)33-17-22(28)20-14-23(30-3)25(24(15-20)31-4)32-16-18-8-6-5-7-9-18/h5-15H,16-17H2,1-4H3. The van der Waals surface area contributed by atoms with E-state index in [-0.39, 0.29) is 11.3 Å². The normalized spacial score (nSPS) is 10.3. The first-order chi connectivity index (χ1) is 15.9. The molecule has 0 aliphatic heterocycles. The van der Waals surface area contributed by atoms with Crippen LogP contribution in [0.15, 0.2) is 66.7 Å². The van der Waals surface area contributed by atoms with E-state index in [4.69, 9.17) is 18.9 Å². The zero-order valence-electron chi connectivity index (χ0n) is 19.2. The summed E-state index contributed by atoms with van der Waals surface area (Å²) in [6, 6.07) is 19.7. The highest BCUT2D eigenvalue weighted by atomic mass is 16.5. The number of methoxy groups -OCH3 is 2. The molecule has 0 saturated carbocycles. The number of benzene rings is 3. The summed E-state index contributed by atoms with van der Waals surface area (Å²) in [5.41, 5.74) is 2.59. The highest BCUT2D eigenvalue weighted by molar-refractivity contribution is 6.00. The SMILES string of the molecule is COc1cc(C(=O)COC(=O)c2ccc(N(C)C)cc2)cc(OC)c1OCc1ccccc1. The third kappa shape index (κ3) is 6.04. The van der Waals surface area contributed by atoms with Crippen molar-refractivity contribution in [1.29, 1.82) is 0 Å². The van der Waals surface area contributed by atoms with E-state index < -0.39 is 12.6 Å². The first-order valence-corrected chi connectivity index (χ1v) is 10.3. The van der Waals surface area contributed by atoms with E-state index in [9.17, 15) is 9.59 Å². The number of ether oxygens (including phenoxy) is 4. The van der Waals surface area contributed by atoms with Gasteiger partial charge in [0.05, 0.1) is 19.8 Å². The molecule has 0 amide bonds. The second kappa shape index (κ2) is 11.0. The van der Waals surface area contributed by atoms with Crippen molar-refractivity contribution in [2.45, 2.75) is 6.61 Å². The van der Waals surface area contributed by atoms with Gasteiger partial charge in [0.2, 0.25) is 11.5 Å². The maximum atomic E-state index is 12.7. The summed E-state index contributed by atoms with van der Waals surface area (Å²) in [6.45, 7) is -0.101. The molecule has 7 nitrogen and oxygen atoms in total. The van der Waals surface area contributed by atoms with E-state index in [1.54, 1.807) is 24.3 Å². The van der Waals surface area contributed by atoms with Gasteiger partial charge in [-0.25, -0.2) is 4.79 Å². The van der Waals surface area contributed by atoms with Crippen LogP contribution >= 0.6 is 0 Å². The van der Waals surface area contributed by atoms with E-state index in [0.29, 0.717) is 29.4 Å². The molecule has 0 radical (unpaired) electrons. The van der Waals surface area contributed by atoms with Gasteiger partial charge in [-0.3, -0.25) is 4.79 Å². The van der Waals surface area contributed by atoms with E-state index in [1.165, 1.54) is 14.2 Å². The van der Waals surface area contributed by atoms with Gasteiger partial charge in [0.15, 0.2) is 18.1 Å².